The van der Waals surface area contributed by atoms with E-state index in [9.17, 15) is 4.79 Å². The molecule has 0 bridgehead atoms. The number of hydrogen-bond acceptors (Lipinski definition) is 7. The molecule has 0 aromatic heterocycles. The number of methoxy groups -OCH3 is 1. The second-order valence-corrected chi connectivity index (χ2v) is 18.1. The maximum Gasteiger partial charge on any atom is 0.311 e. The molecule has 2 aliphatic heterocycles. The van der Waals surface area contributed by atoms with Crippen molar-refractivity contribution < 1.29 is 32.9 Å². The summed E-state index contributed by atoms with van der Waals surface area (Å²) in [6.45, 7) is 17.4. The topological polar surface area (TPSA) is 72.5 Å². The third-order valence-electron chi connectivity index (χ3n) is 10.4. The normalized spacial score (nSPS) is 39.4. The van der Waals surface area contributed by atoms with Crippen LogP contribution >= 0.6 is 0 Å². The summed E-state index contributed by atoms with van der Waals surface area (Å²) in [5.74, 6) is -0.979. The summed E-state index contributed by atoms with van der Waals surface area (Å²) in [6, 6.07) is 0. The summed E-state index contributed by atoms with van der Waals surface area (Å²) >= 11 is 0. The van der Waals surface area contributed by atoms with Crippen molar-refractivity contribution in [1.29, 1.82) is 0 Å². The fraction of sp³-hybridized carbons (Fsp3) is 0.897. The first kappa shape index (κ1) is 27.8. The van der Waals surface area contributed by atoms with Gasteiger partial charge >= 0.3 is 5.97 Å². The van der Waals surface area contributed by atoms with Gasteiger partial charge in [-0.1, -0.05) is 33.3 Å². The van der Waals surface area contributed by atoms with Crippen molar-refractivity contribution in [3.8, 4) is 0 Å². The van der Waals surface area contributed by atoms with Gasteiger partial charge in [-0.05, 0) is 67.6 Å². The van der Waals surface area contributed by atoms with E-state index in [0.717, 1.165) is 25.7 Å². The largest absolute Gasteiger partial charge is 0.469 e. The first-order chi connectivity index (χ1) is 17.4. The van der Waals surface area contributed by atoms with Crippen LogP contribution in [0.2, 0.25) is 18.1 Å². The lowest BCUT2D eigenvalue weighted by atomic mass is 9.52. The van der Waals surface area contributed by atoms with Crippen LogP contribution in [0, 0.1) is 29.6 Å². The minimum Gasteiger partial charge on any atom is -0.469 e. The van der Waals surface area contributed by atoms with E-state index >= 15 is 0 Å². The van der Waals surface area contributed by atoms with Crippen molar-refractivity contribution >= 4 is 14.3 Å². The molecule has 1 saturated carbocycles. The van der Waals surface area contributed by atoms with Gasteiger partial charge in [0.05, 0.1) is 38.4 Å². The van der Waals surface area contributed by atoms with Crippen LogP contribution in [0.25, 0.3) is 0 Å². The number of ether oxygens (including phenoxy) is 5. The minimum absolute atomic E-state index is 0.00894. The third-order valence-corrected chi connectivity index (χ3v) is 14.9. The Morgan fingerprint density at radius 1 is 1.19 bits per heavy atom. The van der Waals surface area contributed by atoms with E-state index < -0.39 is 20.0 Å². The molecule has 1 spiro atoms. The van der Waals surface area contributed by atoms with Gasteiger partial charge < -0.3 is 28.1 Å². The maximum absolute atomic E-state index is 13.7. The number of esters is 1. The van der Waals surface area contributed by atoms with Crippen molar-refractivity contribution in [1.82, 2.24) is 0 Å². The van der Waals surface area contributed by atoms with Crippen molar-refractivity contribution in [3.63, 3.8) is 0 Å². The van der Waals surface area contributed by atoms with Crippen molar-refractivity contribution in [2.45, 2.75) is 109 Å². The van der Waals surface area contributed by atoms with E-state index in [2.05, 4.69) is 40.8 Å². The van der Waals surface area contributed by atoms with Gasteiger partial charge in [-0.25, -0.2) is 0 Å². The monoisotopic (exact) mass is 536 g/mol. The molecule has 5 aliphatic rings. The van der Waals surface area contributed by atoms with Crippen molar-refractivity contribution in [3.05, 3.63) is 11.1 Å². The van der Waals surface area contributed by atoms with Crippen LogP contribution in [0.3, 0.4) is 0 Å². The fourth-order valence-electron chi connectivity index (χ4n) is 7.75. The van der Waals surface area contributed by atoms with E-state index in [-0.39, 0.29) is 47.3 Å². The van der Waals surface area contributed by atoms with Gasteiger partial charge in [0.2, 0.25) is 0 Å². The zero-order chi connectivity index (χ0) is 26.8. The van der Waals surface area contributed by atoms with E-state index in [1.54, 1.807) is 0 Å². The quantitative estimate of drug-likeness (QED) is 0.263. The van der Waals surface area contributed by atoms with E-state index in [4.69, 9.17) is 28.1 Å². The molecular formula is C29H48O7Si. The highest BCUT2D eigenvalue weighted by Gasteiger charge is 2.66. The molecule has 210 valence electrons. The summed E-state index contributed by atoms with van der Waals surface area (Å²) in [6.07, 6.45) is 4.10. The van der Waals surface area contributed by atoms with Crippen molar-refractivity contribution in [2.24, 2.45) is 29.6 Å². The number of hydrogen-bond donors (Lipinski definition) is 0. The van der Waals surface area contributed by atoms with Gasteiger partial charge in [0.15, 0.2) is 20.4 Å². The molecule has 0 N–H and O–H groups in total. The molecule has 5 rings (SSSR count). The zero-order valence-electron chi connectivity index (χ0n) is 24.1. The molecule has 0 radical (unpaired) electrons. The predicted molar refractivity (Wildman–Crippen MR) is 142 cm³/mol. The summed E-state index contributed by atoms with van der Waals surface area (Å²) in [5, 5.41) is 0.0753. The van der Waals surface area contributed by atoms with E-state index in [1.165, 1.54) is 18.3 Å². The van der Waals surface area contributed by atoms with Crippen LogP contribution < -0.4 is 0 Å². The number of carbonyl (C=O) groups is 1. The van der Waals surface area contributed by atoms with Crippen molar-refractivity contribution in [2.75, 3.05) is 26.9 Å². The standard InChI is InChI=1S/C29H48O7Si/c1-9-32-21-15-18-11-10-12-19-23(18)26(35-21)24(27(30)31-6)22-17(2)20(36-37(7,8)28(3,4)5)16-29(25(19)22)33-13-14-34-29/h17-18,20-22,24-26H,9-16H2,1-8H3/t17-,18+,20+,21+,22-,24-,25+,26-/m1/s1. The molecule has 3 aliphatic carbocycles. The smallest absolute Gasteiger partial charge is 0.311 e. The van der Waals surface area contributed by atoms with Crippen LogP contribution in [0.15, 0.2) is 11.1 Å². The van der Waals surface area contributed by atoms with Gasteiger partial charge in [-0.2, -0.15) is 0 Å². The third kappa shape index (κ3) is 4.57. The minimum atomic E-state index is -2.09. The molecule has 8 atom stereocenters. The Kier molecular flexibility index (Phi) is 7.51. The Bertz CT molecular complexity index is 902. The molecule has 37 heavy (non-hydrogen) atoms. The SMILES string of the molecule is CCO[C@@H]1C[C@@H]2CCCC3=C2[C@@H](O1)[C@H](C(=O)OC)[C@H]1[C@H](C)[C@@H](O[Si](C)(C)C(C)(C)C)CC2(OCCO2)[C@@H]31. The second-order valence-electron chi connectivity index (χ2n) is 13.3. The molecule has 0 aromatic rings. The lowest BCUT2D eigenvalue weighted by Gasteiger charge is -2.60. The number of carbonyl (C=O) groups excluding carboxylic acids is 1. The molecule has 0 amide bonds. The van der Waals surface area contributed by atoms with Gasteiger partial charge in [0, 0.05) is 25.4 Å². The Labute approximate surface area is 224 Å². The summed E-state index contributed by atoms with van der Waals surface area (Å²) in [7, 11) is -0.590. The molecule has 3 fully saturated rings. The molecular weight excluding hydrogens is 488 g/mol. The highest BCUT2D eigenvalue weighted by molar-refractivity contribution is 6.74. The highest BCUT2D eigenvalue weighted by atomic mass is 28.4. The average Bonchev–Trinajstić information content (AvgIpc) is 3.29. The summed E-state index contributed by atoms with van der Waals surface area (Å²) < 4.78 is 38.4. The lowest BCUT2D eigenvalue weighted by Crippen LogP contribution is -2.65. The number of rotatable bonds is 5. The van der Waals surface area contributed by atoms with Crippen LogP contribution in [0.1, 0.15) is 66.7 Å². The second kappa shape index (κ2) is 10.0. The van der Waals surface area contributed by atoms with Gasteiger partial charge in [0.1, 0.15) is 0 Å². The molecule has 2 heterocycles. The average molecular weight is 537 g/mol. The molecule has 2 saturated heterocycles. The molecule has 0 aromatic carbocycles. The fourth-order valence-corrected chi connectivity index (χ4v) is 9.16. The van der Waals surface area contributed by atoms with Gasteiger partial charge in [-0.3, -0.25) is 4.79 Å². The Balaban J connectivity index is 1.63. The van der Waals surface area contributed by atoms with E-state index in [0.29, 0.717) is 32.2 Å². The number of fused-ring (bicyclic) bond motifs is 3. The van der Waals surface area contributed by atoms with Crippen LogP contribution in [-0.4, -0.2) is 65.5 Å². The molecule has 0 unspecified atom stereocenters. The summed E-state index contributed by atoms with van der Waals surface area (Å²) in [5.41, 5.74) is 2.73. The van der Waals surface area contributed by atoms with Crippen LogP contribution in [0.4, 0.5) is 0 Å². The first-order valence-electron chi connectivity index (χ1n) is 14.5. The zero-order valence-corrected chi connectivity index (χ0v) is 25.1. The molecule has 8 heteroatoms. The Hall–Kier alpha value is -0.773. The summed E-state index contributed by atoms with van der Waals surface area (Å²) in [4.78, 5) is 13.7. The Morgan fingerprint density at radius 2 is 1.89 bits per heavy atom. The van der Waals surface area contributed by atoms with E-state index in [1.807, 2.05) is 6.92 Å². The Morgan fingerprint density at radius 3 is 2.51 bits per heavy atom. The van der Waals surface area contributed by atoms with Gasteiger partial charge in [0.25, 0.3) is 0 Å². The maximum atomic E-state index is 13.7. The highest BCUT2D eigenvalue weighted by Crippen LogP contribution is 2.62. The van der Waals surface area contributed by atoms with Crippen LogP contribution in [0.5, 0.6) is 0 Å². The molecule has 7 nitrogen and oxygen atoms in total. The first-order valence-corrected chi connectivity index (χ1v) is 17.4. The van der Waals surface area contributed by atoms with Crippen LogP contribution in [-0.2, 0) is 32.9 Å². The lowest BCUT2D eigenvalue weighted by molar-refractivity contribution is -0.269. The predicted octanol–water partition coefficient (Wildman–Crippen LogP) is 5.44. The van der Waals surface area contributed by atoms with Gasteiger partial charge in [-0.15, -0.1) is 0 Å².